The number of fused-ring (bicyclic) bond motifs is 1. The first kappa shape index (κ1) is 5.77. The molecule has 2 aliphatic heterocycles. The molecule has 3 nitrogen and oxygen atoms in total. The van der Waals surface area contributed by atoms with E-state index in [1.54, 1.807) is 4.90 Å². The Kier molecular flexibility index (Phi) is 1.16. The van der Waals surface area contributed by atoms with Crippen LogP contribution in [0.15, 0.2) is 11.8 Å². The van der Waals surface area contributed by atoms with Crippen molar-refractivity contribution in [2.75, 3.05) is 6.54 Å². The Bertz CT molecular complexity index is 198. The summed E-state index contributed by atoms with van der Waals surface area (Å²) in [5, 5.41) is 0. The molecular weight excluding hydrogens is 130 g/mol. The zero-order chi connectivity index (χ0) is 6.97. The minimum atomic E-state index is -0.231. The highest BCUT2D eigenvalue weighted by atomic mass is 16.6. The van der Waals surface area contributed by atoms with Crippen molar-refractivity contribution in [3.63, 3.8) is 0 Å². The van der Waals surface area contributed by atoms with Crippen LogP contribution in [0.3, 0.4) is 0 Å². The van der Waals surface area contributed by atoms with E-state index < -0.39 is 0 Å². The van der Waals surface area contributed by atoms with E-state index in [0.717, 1.165) is 25.1 Å². The summed E-state index contributed by atoms with van der Waals surface area (Å²) in [6.07, 6.45) is 3.89. The van der Waals surface area contributed by atoms with E-state index in [9.17, 15) is 4.79 Å². The Balaban J connectivity index is 2.25. The van der Waals surface area contributed by atoms with Gasteiger partial charge < -0.3 is 4.74 Å². The van der Waals surface area contributed by atoms with Crippen LogP contribution >= 0.6 is 0 Å². The molecule has 0 bridgehead atoms. The van der Waals surface area contributed by atoms with Gasteiger partial charge in [-0.15, -0.1) is 0 Å². The van der Waals surface area contributed by atoms with E-state index in [4.69, 9.17) is 4.74 Å². The largest absolute Gasteiger partial charge is 0.435 e. The van der Waals surface area contributed by atoms with Gasteiger partial charge in [-0.05, 0) is 12.8 Å². The summed E-state index contributed by atoms with van der Waals surface area (Å²) in [7, 11) is 0. The summed E-state index contributed by atoms with van der Waals surface area (Å²) in [5.41, 5.74) is 0.927. The van der Waals surface area contributed by atoms with Crippen LogP contribution in [0.25, 0.3) is 0 Å². The van der Waals surface area contributed by atoms with E-state index in [1.807, 2.05) is 6.08 Å². The van der Waals surface area contributed by atoms with Crippen molar-refractivity contribution in [3.8, 4) is 0 Å². The normalized spacial score (nSPS) is 23.8. The summed E-state index contributed by atoms with van der Waals surface area (Å²) in [6, 6.07) is 0. The molecule has 0 N–H and O–H groups in total. The molecule has 0 atom stereocenters. The van der Waals surface area contributed by atoms with Gasteiger partial charge in [0.05, 0.1) is 5.70 Å². The molecule has 0 saturated carbocycles. The van der Waals surface area contributed by atoms with Gasteiger partial charge in [0.15, 0.2) is 6.61 Å². The van der Waals surface area contributed by atoms with Gasteiger partial charge in [0.2, 0.25) is 0 Å². The highest BCUT2D eigenvalue weighted by Crippen LogP contribution is 2.24. The number of carbonyl (C=O) groups is 1. The molecule has 53 valence electrons. The molecule has 3 heteroatoms. The van der Waals surface area contributed by atoms with Crippen molar-refractivity contribution >= 4 is 6.09 Å². The zero-order valence-corrected chi connectivity index (χ0v) is 5.54. The monoisotopic (exact) mass is 138 g/mol. The van der Waals surface area contributed by atoms with E-state index in [2.05, 4.69) is 0 Å². The van der Waals surface area contributed by atoms with Crippen LogP contribution in [0.2, 0.25) is 0 Å². The maximum absolute atomic E-state index is 10.8. The molecule has 2 heterocycles. The van der Waals surface area contributed by atoms with Crippen LogP contribution in [0, 0.1) is 6.61 Å². The van der Waals surface area contributed by atoms with Crippen LogP contribution in [0.5, 0.6) is 0 Å². The van der Waals surface area contributed by atoms with Gasteiger partial charge in [0, 0.05) is 6.54 Å². The predicted octanol–water partition coefficient (Wildman–Crippen LogP) is 1.28. The van der Waals surface area contributed by atoms with Crippen LogP contribution in [-0.2, 0) is 4.74 Å². The number of nitrogens with zero attached hydrogens (tertiary/aromatic N) is 1. The van der Waals surface area contributed by atoms with E-state index in [0.29, 0.717) is 0 Å². The van der Waals surface area contributed by atoms with E-state index in [1.165, 1.54) is 6.61 Å². The lowest BCUT2D eigenvalue weighted by molar-refractivity contribution is 0.168. The Morgan fingerprint density at radius 1 is 1.60 bits per heavy atom. The molecule has 0 unspecified atom stereocenters. The number of amides is 1. The molecule has 1 radical (unpaired) electrons. The minimum absolute atomic E-state index is 0.231. The summed E-state index contributed by atoms with van der Waals surface area (Å²) < 4.78 is 4.69. The van der Waals surface area contributed by atoms with Gasteiger partial charge in [0.1, 0.15) is 0 Å². The van der Waals surface area contributed by atoms with Crippen LogP contribution in [-0.4, -0.2) is 17.5 Å². The second kappa shape index (κ2) is 2.01. The summed E-state index contributed by atoms with van der Waals surface area (Å²) in [6.45, 7) is 2.32. The first-order chi connectivity index (χ1) is 4.88. The first-order valence-corrected chi connectivity index (χ1v) is 3.39. The van der Waals surface area contributed by atoms with Gasteiger partial charge in [-0.2, -0.15) is 0 Å². The second-order valence-corrected chi connectivity index (χ2v) is 2.42. The highest BCUT2D eigenvalue weighted by Gasteiger charge is 2.29. The van der Waals surface area contributed by atoms with Gasteiger partial charge >= 0.3 is 6.09 Å². The molecule has 2 aliphatic rings. The third-order valence-electron chi connectivity index (χ3n) is 1.75. The lowest BCUT2D eigenvalue weighted by Crippen LogP contribution is -2.25. The summed E-state index contributed by atoms with van der Waals surface area (Å²) in [5.74, 6) is 0. The minimum Gasteiger partial charge on any atom is -0.435 e. The average Bonchev–Trinajstić information content (AvgIpc) is 2.34. The SMILES string of the molecule is O=C1O[CH]C2=CCCCN12. The predicted molar refractivity (Wildman–Crippen MR) is 34.8 cm³/mol. The third-order valence-corrected chi connectivity index (χ3v) is 1.75. The molecule has 2 rings (SSSR count). The summed E-state index contributed by atoms with van der Waals surface area (Å²) in [4.78, 5) is 12.5. The fourth-order valence-electron chi connectivity index (χ4n) is 1.22. The van der Waals surface area contributed by atoms with Gasteiger partial charge in [-0.25, -0.2) is 4.79 Å². The van der Waals surface area contributed by atoms with Crippen LogP contribution in [0.1, 0.15) is 12.8 Å². The molecule has 0 aromatic heterocycles. The quantitative estimate of drug-likeness (QED) is 0.504. The first-order valence-electron chi connectivity index (χ1n) is 3.39. The third kappa shape index (κ3) is 0.701. The molecule has 0 aromatic rings. The zero-order valence-electron chi connectivity index (χ0n) is 5.54. The molecule has 0 spiro atoms. The summed E-state index contributed by atoms with van der Waals surface area (Å²) >= 11 is 0. The Morgan fingerprint density at radius 2 is 2.50 bits per heavy atom. The van der Waals surface area contributed by atoms with Gasteiger partial charge in [0.25, 0.3) is 0 Å². The van der Waals surface area contributed by atoms with Crippen LogP contribution < -0.4 is 0 Å². The number of ether oxygens (including phenoxy) is 1. The Hall–Kier alpha value is -0.990. The molecule has 10 heavy (non-hydrogen) atoms. The number of cyclic esters (lactones) is 1. The van der Waals surface area contributed by atoms with Crippen molar-refractivity contribution in [1.29, 1.82) is 0 Å². The van der Waals surface area contributed by atoms with Crippen molar-refractivity contribution in [3.05, 3.63) is 18.4 Å². The Morgan fingerprint density at radius 3 is 3.30 bits per heavy atom. The lowest BCUT2D eigenvalue weighted by Gasteiger charge is -2.17. The van der Waals surface area contributed by atoms with Crippen molar-refractivity contribution in [1.82, 2.24) is 4.90 Å². The number of rotatable bonds is 0. The number of hydrogen-bond donors (Lipinski definition) is 0. The molecule has 1 fully saturated rings. The number of hydrogen-bond acceptors (Lipinski definition) is 2. The maximum atomic E-state index is 10.8. The van der Waals surface area contributed by atoms with E-state index in [-0.39, 0.29) is 6.09 Å². The lowest BCUT2D eigenvalue weighted by atomic mass is 10.2. The van der Waals surface area contributed by atoms with Gasteiger partial charge in [-0.1, -0.05) is 6.08 Å². The highest BCUT2D eigenvalue weighted by molar-refractivity contribution is 5.74. The molecule has 1 saturated heterocycles. The van der Waals surface area contributed by atoms with Gasteiger partial charge in [-0.3, -0.25) is 4.90 Å². The molecular formula is C7H8NO2. The van der Waals surface area contributed by atoms with Crippen molar-refractivity contribution < 1.29 is 9.53 Å². The molecule has 1 amide bonds. The van der Waals surface area contributed by atoms with Crippen LogP contribution in [0.4, 0.5) is 4.79 Å². The topological polar surface area (TPSA) is 29.5 Å². The maximum Gasteiger partial charge on any atom is 0.414 e. The molecule has 0 aromatic carbocycles. The van der Waals surface area contributed by atoms with E-state index >= 15 is 0 Å². The standard InChI is InChI=1S/C7H8NO2/c9-7-8-4-2-1-3-6(8)5-10-7/h3,5H,1-2,4H2. The number of carbonyl (C=O) groups excluding carboxylic acids is 1. The second-order valence-electron chi connectivity index (χ2n) is 2.42. The van der Waals surface area contributed by atoms with Crippen molar-refractivity contribution in [2.24, 2.45) is 0 Å². The average molecular weight is 138 g/mol. The fourth-order valence-corrected chi connectivity index (χ4v) is 1.22. The Labute approximate surface area is 59.3 Å². The van der Waals surface area contributed by atoms with Crippen molar-refractivity contribution in [2.45, 2.75) is 12.8 Å². The smallest absolute Gasteiger partial charge is 0.414 e. The molecule has 0 aliphatic carbocycles. The number of allylic oxidation sites excluding steroid dienone is 1. The fraction of sp³-hybridized carbons (Fsp3) is 0.429.